The van der Waals surface area contributed by atoms with Gasteiger partial charge in [0.2, 0.25) is 0 Å². The first-order valence-corrected chi connectivity index (χ1v) is 8.74. The number of carbonyl (C=O) groups is 3. The van der Waals surface area contributed by atoms with Crippen molar-refractivity contribution < 1.29 is 19.1 Å². The van der Waals surface area contributed by atoms with Crippen LogP contribution in [-0.2, 0) is 9.53 Å². The second-order valence-electron chi connectivity index (χ2n) is 5.55. The van der Waals surface area contributed by atoms with E-state index < -0.39 is 0 Å². The van der Waals surface area contributed by atoms with E-state index in [4.69, 9.17) is 16.3 Å². The monoisotopic (exact) mass is 373 g/mol. The van der Waals surface area contributed by atoms with Crippen molar-refractivity contribution in [1.29, 1.82) is 0 Å². The lowest BCUT2D eigenvalue weighted by Gasteiger charge is -2.10. The van der Waals surface area contributed by atoms with Gasteiger partial charge in [-0.15, -0.1) is 0 Å². The first-order chi connectivity index (χ1) is 12.5. The lowest BCUT2D eigenvalue weighted by atomic mass is 9.98. The Morgan fingerprint density at radius 3 is 2.31 bits per heavy atom. The fraction of sp³-hybridized carbons (Fsp3) is 0.250. The summed E-state index contributed by atoms with van der Waals surface area (Å²) >= 11 is 5.85. The first-order valence-electron chi connectivity index (χ1n) is 8.36. The smallest absolute Gasteiger partial charge is 0.305 e. The molecule has 0 fully saturated rings. The van der Waals surface area contributed by atoms with Crippen LogP contribution in [0.1, 0.15) is 46.0 Å². The molecule has 2 aromatic rings. The van der Waals surface area contributed by atoms with Gasteiger partial charge >= 0.3 is 5.97 Å². The third kappa shape index (κ3) is 5.43. The van der Waals surface area contributed by atoms with Gasteiger partial charge in [-0.2, -0.15) is 0 Å². The Hall–Kier alpha value is -2.66. The zero-order valence-corrected chi connectivity index (χ0v) is 15.2. The molecule has 0 aromatic heterocycles. The van der Waals surface area contributed by atoms with Crippen molar-refractivity contribution in [3.63, 3.8) is 0 Å². The van der Waals surface area contributed by atoms with E-state index in [9.17, 15) is 14.4 Å². The van der Waals surface area contributed by atoms with Gasteiger partial charge in [0.25, 0.3) is 5.91 Å². The number of carbonyl (C=O) groups excluding carboxylic acids is 3. The highest BCUT2D eigenvalue weighted by atomic mass is 35.5. The molecule has 136 valence electrons. The van der Waals surface area contributed by atoms with Crippen LogP contribution in [0.5, 0.6) is 0 Å². The lowest BCUT2D eigenvalue weighted by Crippen LogP contribution is -2.27. The maximum absolute atomic E-state index is 12.7. The van der Waals surface area contributed by atoms with Crippen LogP contribution in [0.4, 0.5) is 0 Å². The minimum absolute atomic E-state index is 0.236. The summed E-state index contributed by atoms with van der Waals surface area (Å²) in [4.78, 5) is 36.4. The van der Waals surface area contributed by atoms with Crippen molar-refractivity contribution in [3.8, 4) is 0 Å². The summed E-state index contributed by atoms with van der Waals surface area (Å²) in [5.74, 6) is -0.897. The van der Waals surface area contributed by atoms with Crippen molar-refractivity contribution in [2.75, 3.05) is 13.2 Å². The largest absolute Gasteiger partial charge is 0.466 e. The molecule has 0 atom stereocenters. The van der Waals surface area contributed by atoms with Gasteiger partial charge in [0.1, 0.15) is 0 Å². The van der Waals surface area contributed by atoms with Crippen LogP contribution in [0.2, 0.25) is 5.02 Å². The molecule has 0 aliphatic rings. The zero-order chi connectivity index (χ0) is 18.9. The van der Waals surface area contributed by atoms with Crippen molar-refractivity contribution in [2.24, 2.45) is 0 Å². The second-order valence-corrected chi connectivity index (χ2v) is 5.98. The van der Waals surface area contributed by atoms with E-state index >= 15 is 0 Å². The normalized spacial score (nSPS) is 10.2. The van der Waals surface area contributed by atoms with Crippen molar-refractivity contribution in [2.45, 2.75) is 19.8 Å². The van der Waals surface area contributed by atoms with Gasteiger partial charge in [0.05, 0.1) is 12.2 Å². The first kappa shape index (κ1) is 19.7. The SMILES string of the molecule is CCOC(=O)CCCNC(=O)c1ccccc1C(=O)c1ccc(Cl)cc1. The Morgan fingerprint density at radius 1 is 1.00 bits per heavy atom. The number of halogens is 1. The quantitative estimate of drug-likeness (QED) is 0.435. The van der Waals surface area contributed by atoms with Crippen LogP contribution in [-0.4, -0.2) is 30.8 Å². The molecule has 26 heavy (non-hydrogen) atoms. The molecule has 0 aliphatic heterocycles. The number of hydrogen-bond acceptors (Lipinski definition) is 4. The van der Waals surface area contributed by atoms with E-state index in [2.05, 4.69) is 5.32 Å². The number of benzene rings is 2. The number of rotatable bonds is 8. The summed E-state index contributed by atoms with van der Waals surface area (Å²) in [5, 5.41) is 3.27. The predicted molar refractivity (Wildman–Crippen MR) is 99.5 cm³/mol. The Kier molecular flexibility index (Phi) is 7.36. The molecular formula is C20H20ClNO4. The summed E-state index contributed by atoms with van der Waals surface area (Å²) in [6.45, 7) is 2.40. The van der Waals surface area contributed by atoms with Crippen molar-refractivity contribution in [1.82, 2.24) is 5.32 Å². The van der Waals surface area contributed by atoms with Crippen LogP contribution < -0.4 is 5.32 Å². The van der Waals surface area contributed by atoms with E-state index in [-0.39, 0.29) is 24.1 Å². The predicted octanol–water partition coefficient (Wildman–Crippen LogP) is 3.64. The lowest BCUT2D eigenvalue weighted by molar-refractivity contribution is -0.143. The molecule has 5 nitrogen and oxygen atoms in total. The maximum atomic E-state index is 12.7. The molecule has 1 amide bonds. The number of amides is 1. The van der Waals surface area contributed by atoms with Gasteiger partial charge < -0.3 is 10.1 Å². The summed E-state index contributed by atoms with van der Waals surface area (Å²) in [6.07, 6.45) is 0.706. The number of ketones is 1. The Balaban J connectivity index is 2.03. The second kappa shape index (κ2) is 9.73. The Morgan fingerprint density at radius 2 is 1.65 bits per heavy atom. The van der Waals surface area contributed by atoms with Gasteiger partial charge in [-0.1, -0.05) is 29.8 Å². The van der Waals surface area contributed by atoms with Crippen LogP contribution in [0.25, 0.3) is 0 Å². The minimum Gasteiger partial charge on any atom is -0.466 e. The average molecular weight is 374 g/mol. The Labute approximate surface area is 157 Å². The van der Waals surface area contributed by atoms with Crippen LogP contribution in [0, 0.1) is 0 Å². The molecule has 1 N–H and O–H groups in total. The molecule has 0 heterocycles. The van der Waals surface area contributed by atoms with Gasteiger partial charge in [0, 0.05) is 29.1 Å². The molecule has 0 aliphatic carbocycles. The maximum Gasteiger partial charge on any atom is 0.305 e. The molecule has 0 spiro atoms. The molecular weight excluding hydrogens is 354 g/mol. The fourth-order valence-corrected chi connectivity index (χ4v) is 2.52. The summed E-state index contributed by atoms with van der Waals surface area (Å²) in [6, 6.07) is 13.1. The Bertz CT molecular complexity index is 787. The van der Waals surface area contributed by atoms with Crippen LogP contribution >= 0.6 is 11.6 Å². The highest BCUT2D eigenvalue weighted by Crippen LogP contribution is 2.17. The molecule has 6 heteroatoms. The van der Waals surface area contributed by atoms with E-state index in [0.717, 1.165) is 0 Å². The fourth-order valence-electron chi connectivity index (χ4n) is 2.40. The number of nitrogens with one attached hydrogen (secondary N) is 1. The van der Waals surface area contributed by atoms with Crippen LogP contribution in [0.3, 0.4) is 0 Å². The topological polar surface area (TPSA) is 72.5 Å². The zero-order valence-electron chi connectivity index (χ0n) is 14.5. The highest BCUT2D eigenvalue weighted by molar-refractivity contribution is 6.30. The summed E-state index contributed by atoms with van der Waals surface area (Å²) in [5.41, 5.74) is 1.07. The van der Waals surface area contributed by atoms with E-state index in [1.165, 1.54) is 0 Å². The third-order valence-electron chi connectivity index (χ3n) is 3.67. The van der Waals surface area contributed by atoms with Crippen LogP contribution in [0.15, 0.2) is 48.5 Å². The molecule has 2 rings (SSSR count). The van der Waals surface area contributed by atoms with Gasteiger partial charge in [-0.3, -0.25) is 14.4 Å². The molecule has 0 saturated carbocycles. The van der Waals surface area contributed by atoms with Gasteiger partial charge in [-0.25, -0.2) is 0 Å². The standard InChI is InChI=1S/C20H20ClNO4/c1-2-26-18(23)8-5-13-22-20(25)17-7-4-3-6-16(17)19(24)14-9-11-15(21)12-10-14/h3-4,6-7,9-12H,2,5,8,13H2,1H3,(H,22,25). The van der Waals surface area contributed by atoms with E-state index in [0.29, 0.717) is 41.3 Å². The highest BCUT2D eigenvalue weighted by Gasteiger charge is 2.17. The summed E-state index contributed by atoms with van der Waals surface area (Å²) in [7, 11) is 0. The van der Waals surface area contributed by atoms with E-state index in [1.54, 1.807) is 55.5 Å². The number of hydrogen-bond donors (Lipinski definition) is 1. The molecule has 0 unspecified atom stereocenters. The minimum atomic E-state index is -0.355. The molecule has 0 radical (unpaired) electrons. The number of ether oxygens (including phenoxy) is 1. The van der Waals surface area contributed by atoms with Crippen molar-refractivity contribution >= 4 is 29.3 Å². The average Bonchev–Trinajstić information content (AvgIpc) is 2.65. The van der Waals surface area contributed by atoms with Crippen molar-refractivity contribution in [3.05, 3.63) is 70.2 Å². The molecule has 0 bridgehead atoms. The van der Waals surface area contributed by atoms with Gasteiger partial charge in [0.15, 0.2) is 5.78 Å². The van der Waals surface area contributed by atoms with E-state index in [1.807, 2.05) is 0 Å². The molecule has 2 aromatic carbocycles. The third-order valence-corrected chi connectivity index (χ3v) is 3.92. The number of esters is 1. The summed E-state index contributed by atoms with van der Waals surface area (Å²) < 4.78 is 4.84. The molecule has 0 saturated heterocycles. The van der Waals surface area contributed by atoms with Gasteiger partial charge in [-0.05, 0) is 43.7 Å².